The van der Waals surface area contributed by atoms with Crippen molar-refractivity contribution in [2.75, 3.05) is 5.32 Å². The first-order chi connectivity index (χ1) is 15.5. The largest absolute Gasteiger partial charge is 0.506 e. The van der Waals surface area contributed by atoms with Crippen LogP contribution in [-0.2, 0) is 18.4 Å². The second-order valence-corrected chi connectivity index (χ2v) is 11.3. The highest BCUT2D eigenvalue weighted by Gasteiger charge is 2.52. The third-order valence-corrected chi connectivity index (χ3v) is 9.24. The number of benzene rings is 1. The molecule has 0 spiro atoms. The molecule has 0 radical (unpaired) electrons. The number of pyridine rings is 1. The van der Waals surface area contributed by atoms with Crippen LogP contribution in [0.4, 0.5) is 5.13 Å². The van der Waals surface area contributed by atoms with Crippen molar-refractivity contribution in [2.45, 2.75) is 56.9 Å². The average molecular weight is 448 g/mol. The van der Waals surface area contributed by atoms with Gasteiger partial charge in [-0.1, -0.05) is 12.1 Å². The van der Waals surface area contributed by atoms with Crippen molar-refractivity contribution in [1.82, 2.24) is 9.55 Å². The number of para-hydroxylation sites is 1. The summed E-state index contributed by atoms with van der Waals surface area (Å²) in [5, 5.41) is 16.8. The second kappa shape index (κ2) is 6.44. The summed E-state index contributed by atoms with van der Waals surface area (Å²) in [6.07, 6.45) is 8.52. The molecule has 3 aromatic rings. The first-order valence-corrected chi connectivity index (χ1v) is 12.5. The molecule has 4 saturated carbocycles. The standard InChI is InChI=1S/C25H25N3O3S/c29-21-17-3-1-2-16-4-5-28(20(16)17)23(31)19(21)22(30)27-24-26-18(12-32-24)25-9-13-6-14(10-25)8-15(7-13)11-25/h1-3,12-15,29H,4-11H2,(H,26,27,30). The number of carbonyl (C=O) groups is 1. The number of nitrogens with zero attached hydrogens (tertiary/aromatic N) is 2. The molecule has 0 unspecified atom stereocenters. The molecule has 8 rings (SSSR count). The van der Waals surface area contributed by atoms with Crippen LogP contribution in [0.2, 0.25) is 0 Å². The summed E-state index contributed by atoms with van der Waals surface area (Å²) < 4.78 is 1.61. The third-order valence-electron chi connectivity index (χ3n) is 8.48. The maximum Gasteiger partial charge on any atom is 0.267 e. The molecule has 1 aliphatic heterocycles. The molecule has 164 valence electrons. The van der Waals surface area contributed by atoms with Gasteiger partial charge in [0.15, 0.2) is 5.13 Å². The van der Waals surface area contributed by atoms with E-state index in [1.54, 1.807) is 10.6 Å². The van der Waals surface area contributed by atoms with Gasteiger partial charge >= 0.3 is 0 Å². The molecular formula is C25H25N3O3S. The van der Waals surface area contributed by atoms with Gasteiger partial charge in [-0.15, -0.1) is 11.3 Å². The predicted octanol–water partition coefficient (Wildman–Crippen LogP) is 4.44. The number of aryl methyl sites for hydroxylation is 2. The number of hydrogen-bond donors (Lipinski definition) is 2. The maximum absolute atomic E-state index is 13.1. The van der Waals surface area contributed by atoms with Crippen LogP contribution >= 0.6 is 11.3 Å². The molecule has 4 fully saturated rings. The third kappa shape index (κ3) is 2.54. The van der Waals surface area contributed by atoms with Crippen molar-refractivity contribution in [3.05, 3.63) is 50.8 Å². The quantitative estimate of drug-likeness (QED) is 0.622. The zero-order chi connectivity index (χ0) is 21.6. The van der Waals surface area contributed by atoms with Gasteiger partial charge in [-0.2, -0.15) is 0 Å². The number of rotatable bonds is 3. The zero-order valence-corrected chi connectivity index (χ0v) is 18.6. The predicted molar refractivity (Wildman–Crippen MR) is 123 cm³/mol. The normalized spacial score (nSPS) is 29.7. The molecule has 3 heterocycles. The molecule has 0 atom stereocenters. The lowest BCUT2D eigenvalue weighted by Crippen LogP contribution is -2.48. The van der Waals surface area contributed by atoms with E-state index in [9.17, 15) is 14.7 Å². The Hall–Kier alpha value is -2.67. The Bertz CT molecular complexity index is 1320. The summed E-state index contributed by atoms with van der Waals surface area (Å²) >= 11 is 1.42. The van der Waals surface area contributed by atoms with Crippen LogP contribution in [0.5, 0.6) is 5.75 Å². The first-order valence-electron chi connectivity index (χ1n) is 11.7. The van der Waals surface area contributed by atoms with Gasteiger partial charge < -0.3 is 9.67 Å². The van der Waals surface area contributed by atoms with E-state index >= 15 is 0 Å². The fourth-order valence-corrected chi connectivity index (χ4v) is 8.41. The van der Waals surface area contributed by atoms with Gasteiger partial charge in [-0.3, -0.25) is 14.9 Å². The minimum absolute atomic E-state index is 0.168. The van der Waals surface area contributed by atoms with Crippen LogP contribution in [0.25, 0.3) is 10.9 Å². The minimum atomic E-state index is -0.582. The molecule has 2 N–H and O–H groups in total. The van der Waals surface area contributed by atoms with Crippen LogP contribution in [-0.4, -0.2) is 20.6 Å². The highest BCUT2D eigenvalue weighted by molar-refractivity contribution is 7.14. The Kier molecular flexibility index (Phi) is 3.79. The Balaban J connectivity index is 1.22. The van der Waals surface area contributed by atoms with Crippen molar-refractivity contribution < 1.29 is 9.90 Å². The van der Waals surface area contributed by atoms with Gasteiger partial charge in [0.05, 0.1) is 11.2 Å². The SMILES string of the molecule is O=C(Nc1nc(C23CC4CC(CC(C4)C2)C3)cs1)c1c(O)c2cccc3c2n(c1=O)CC3. The van der Waals surface area contributed by atoms with E-state index in [4.69, 9.17) is 4.98 Å². The Morgan fingerprint density at radius 2 is 1.88 bits per heavy atom. The zero-order valence-electron chi connectivity index (χ0n) is 17.8. The van der Waals surface area contributed by atoms with E-state index in [2.05, 4.69) is 10.7 Å². The molecule has 0 saturated heterocycles. The summed E-state index contributed by atoms with van der Waals surface area (Å²) in [6, 6.07) is 5.59. The van der Waals surface area contributed by atoms with Gasteiger partial charge in [-0.05, 0) is 74.3 Å². The highest BCUT2D eigenvalue weighted by atomic mass is 32.1. The molecule has 32 heavy (non-hydrogen) atoms. The summed E-state index contributed by atoms with van der Waals surface area (Å²) in [4.78, 5) is 31.0. The summed E-state index contributed by atoms with van der Waals surface area (Å²) in [6.45, 7) is 0.530. The van der Waals surface area contributed by atoms with E-state index in [0.717, 1.165) is 40.9 Å². The van der Waals surface area contributed by atoms with Gasteiger partial charge in [0.2, 0.25) is 0 Å². The van der Waals surface area contributed by atoms with Crippen LogP contribution in [0.1, 0.15) is 60.1 Å². The lowest BCUT2D eigenvalue weighted by Gasteiger charge is -2.56. The maximum atomic E-state index is 13.1. The number of nitrogens with one attached hydrogen (secondary N) is 1. The molecule has 2 aromatic heterocycles. The summed E-state index contributed by atoms with van der Waals surface area (Å²) in [5.41, 5.74) is 2.42. The Morgan fingerprint density at radius 3 is 2.59 bits per heavy atom. The van der Waals surface area contributed by atoms with Crippen LogP contribution in [0, 0.1) is 17.8 Å². The highest BCUT2D eigenvalue weighted by Crippen LogP contribution is 2.60. The van der Waals surface area contributed by atoms with Crippen molar-refractivity contribution >= 4 is 33.3 Å². The Labute approximate surface area is 189 Å². The lowest BCUT2D eigenvalue weighted by molar-refractivity contribution is -0.00688. The van der Waals surface area contributed by atoms with Crippen molar-refractivity contribution in [2.24, 2.45) is 17.8 Å². The molecule has 5 aliphatic rings. The minimum Gasteiger partial charge on any atom is -0.506 e. The fraction of sp³-hybridized carbons (Fsp3) is 0.480. The molecule has 4 bridgehead atoms. The van der Waals surface area contributed by atoms with E-state index in [0.29, 0.717) is 17.1 Å². The summed E-state index contributed by atoms with van der Waals surface area (Å²) in [5.74, 6) is 1.66. The van der Waals surface area contributed by atoms with Gasteiger partial charge in [0, 0.05) is 22.7 Å². The monoisotopic (exact) mass is 447 g/mol. The number of hydrogen-bond acceptors (Lipinski definition) is 5. The lowest BCUT2D eigenvalue weighted by atomic mass is 9.49. The van der Waals surface area contributed by atoms with Crippen LogP contribution < -0.4 is 10.9 Å². The van der Waals surface area contributed by atoms with Crippen molar-refractivity contribution in [1.29, 1.82) is 0 Å². The molecule has 1 amide bonds. The molecular weight excluding hydrogens is 422 g/mol. The Morgan fingerprint density at radius 1 is 1.16 bits per heavy atom. The number of aromatic hydroxyl groups is 1. The second-order valence-electron chi connectivity index (χ2n) is 10.4. The number of aromatic nitrogens is 2. The molecule has 1 aromatic carbocycles. The van der Waals surface area contributed by atoms with Crippen molar-refractivity contribution in [3.8, 4) is 5.75 Å². The number of thiazole rings is 1. The van der Waals surface area contributed by atoms with Crippen LogP contribution in [0.15, 0.2) is 28.4 Å². The van der Waals surface area contributed by atoms with Gasteiger partial charge in [-0.25, -0.2) is 4.98 Å². The number of anilines is 1. The van der Waals surface area contributed by atoms with Gasteiger partial charge in [0.25, 0.3) is 11.5 Å². The topological polar surface area (TPSA) is 84.2 Å². The van der Waals surface area contributed by atoms with Crippen molar-refractivity contribution in [3.63, 3.8) is 0 Å². The summed E-state index contributed by atoms with van der Waals surface area (Å²) in [7, 11) is 0. The van der Waals surface area contributed by atoms with E-state index in [1.165, 1.54) is 49.9 Å². The van der Waals surface area contributed by atoms with E-state index < -0.39 is 11.5 Å². The first kappa shape index (κ1) is 18.9. The average Bonchev–Trinajstić information content (AvgIpc) is 3.39. The smallest absolute Gasteiger partial charge is 0.267 e. The molecule has 4 aliphatic carbocycles. The number of amides is 1. The van der Waals surface area contributed by atoms with E-state index in [1.807, 2.05) is 12.1 Å². The van der Waals surface area contributed by atoms with Gasteiger partial charge in [0.1, 0.15) is 11.3 Å². The molecule has 6 nitrogen and oxygen atoms in total. The fourth-order valence-electron chi connectivity index (χ4n) is 7.58. The van der Waals surface area contributed by atoms with E-state index in [-0.39, 0.29) is 16.7 Å². The van der Waals surface area contributed by atoms with Crippen LogP contribution in [0.3, 0.4) is 0 Å². The molecule has 7 heteroatoms. The number of carbonyl (C=O) groups excluding carboxylic acids is 1.